The van der Waals surface area contributed by atoms with Crippen molar-refractivity contribution >= 4 is 50.0 Å². The van der Waals surface area contributed by atoms with Gasteiger partial charge >= 0.3 is 0 Å². The van der Waals surface area contributed by atoms with Gasteiger partial charge in [0, 0.05) is 23.9 Å². The summed E-state index contributed by atoms with van der Waals surface area (Å²) in [7, 11) is 0. The van der Waals surface area contributed by atoms with E-state index in [-0.39, 0.29) is 22.9 Å². The number of aryl methyl sites for hydroxylation is 1. The van der Waals surface area contributed by atoms with E-state index < -0.39 is 4.92 Å². The van der Waals surface area contributed by atoms with Gasteiger partial charge in [-0.15, -0.1) is 0 Å². The number of nitrogens with zero attached hydrogens (tertiary/aromatic N) is 3. The molecule has 0 fully saturated rings. The van der Waals surface area contributed by atoms with Crippen molar-refractivity contribution in [1.29, 1.82) is 0 Å². The average Bonchev–Trinajstić information content (AvgIpc) is 2.93. The quantitative estimate of drug-likeness (QED) is 0.302. The zero-order valence-electron chi connectivity index (χ0n) is 12.8. The summed E-state index contributed by atoms with van der Waals surface area (Å²) in [5, 5.41) is 14.1. The molecule has 0 aliphatic heterocycles. The van der Waals surface area contributed by atoms with Crippen LogP contribution in [0.3, 0.4) is 0 Å². The number of aromatic amines is 1. The first-order valence-electron chi connectivity index (χ1n) is 6.96. The zero-order valence-corrected chi connectivity index (χ0v) is 14.4. The highest BCUT2D eigenvalue weighted by atomic mass is 32.2. The number of hydrogen-bond donors (Lipinski definition) is 2. The van der Waals surface area contributed by atoms with E-state index in [1.54, 1.807) is 6.92 Å². The molecule has 0 unspecified atom stereocenters. The monoisotopic (exact) mass is 377 g/mol. The molecule has 0 aliphatic carbocycles. The number of hydrogen-bond acceptors (Lipinski definition) is 8. The summed E-state index contributed by atoms with van der Waals surface area (Å²) in [4.78, 5) is 44.6. The first-order valence-corrected chi connectivity index (χ1v) is 8.76. The van der Waals surface area contributed by atoms with Gasteiger partial charge in [-0.05, 0) is 13.0 Å². The number of rotatable bonds is 5. The molecule has 0 spiro atoms. The number of fused-ring (bicyclic) bond motifs is 1. The molecule has 9 nitrogen and oxygen atoms in total. The molecule has 3 aromatic rings. The molecular weight excluding hydrogens is 366 g/mol. The van der Waals surface area contributed by atoms with Crippen LogP contribution in [-0.2, 0) is 4.79 Å². The molecule has 3 rings (SSSR count). The lowest BCUT2D eigenvalue weighted by Crippen LogP contribution is -2.15. The number of benzene rings is 1. The van der Waals surface area contributed by atoms with Crippen LogP contribution < -0.4 is 10.9 Å². The summed E-state index contributed by atoms with van der Waals surface area (Å²) >= 11 is 2.25. The van der Waals surface area contributed by atoms with Crippen molar-refractivity contribution in [2.45, 2.75) is 12.1 Å². The van der Waals surface area contributed by atoms with Crippen LogP contribution in [0.4, 0.5) is 10.8 Å². The molecule has 0 radical (unpaired) electrons. The third-order valence-corrected chi connectivity index (χ3v) is 4.82. The Morgan fingerprint density at radius 1 is 1.40 bits per heavy atom. The number of nitro benzene ring substituents is 1. The van der Waals surface area contributed by atoms with Crippen LogP contribution in [0.5, 0.6) is 0 Å². The largest absolute Gasteiger partial charge is 0.301 e. The standard InChI is InChI=1S/C14H11N5O4S2/c1-7-4-11(20)17-13(15-7)24-6-12(21)18-14-16-9-3-2-8(19(22)23)5-10(9)25-14/h2-5H,6H2,1H3,(H,15,17,20)(H,16,18,21). The molecule has 0 bridgehead atoms. The lowest BCUT2D eigenvalue weighted by Gasteiger charge is -2.02. The van der Waals surface area contributed by atoms with Crippen LogP contribution in [0.2, 0.25) is 0 Å². The fraction of sp³-hybridized carbons (Fsp3) is 0.143. The van der Waals surface area contributed by atoms with Crippen LogP contribution in [0.25, 0.3) is 10.2 Å². The van der Waals surface area contributed by atoms with E-state index in [0.29, 0.717) is 26.2 Å². The van der Waals surface area contributed by atoms with E-state index in [9.17, 15) is 19.7 Å². The Labute approximate surface area is 148 Å². The number of aromatic nitrogens is 3. The fourth-order valence-electron chi connectivity index (χ4n) is 1.99. The number of non-ortho nitro benzene ring substituents is 1. The molecule has 0 saturated heterocycles. The summed E-state index contributed by atoms with van der Waals surface area (Å²) in [5.74, 6) is -0.273. The van der Waals surface area contributed by atoms with Gasteiger partial charge < -0.3 is 10.3 Å². The zero-order chi connectivity index (χ0) is 18.0. The van der Waals surface area contributed by atoms with Crippen LogP contribution >= 0.6 is 23.1 Å². The van der Waals surface area contributed by atoms with Gasteiger partial charge in [-0.2, -0.15) is 0 Å². The summed E-state index contributed by atoms with van der Waals surface area (Å²) in [6, 6.07) is 5.68. The normalized spacial score (nSPS) is 10.8. The topological polar surface area (TPSA) is 131 Å². The molecule has 11 heteroatoms. The third kappa shape index (κ3) is 4.19. The van der Waals surface area contributed by atoms with Crippen molar-refractivity contribution in [2.75, 3.05) is 11.1 Å². The number of carbonyl (C=O) groups is 1. The summed E-state index contributed by atoms with van der Waals surface area (Å²) in [6.07, 6.45) is 0. The van der Waals surface area contributed by atoms with E-state index in [1.165, 1.54) is 24.3 Å². The molecule has 2 aromatic heterocycles. The Morgan fingerprint density at radius 3 is 2.92 bits per heavy atom. The van der Waals surface area contributed by atoms with Gasteiger partial charge in [0.05, 0.1) is 20.9 Å². The summed E-state index contributed by atoms with van der Waals surface area (Å²) in [5.41, 5.74) is 0.838. The molecule has 0 aliphatic rings. The first kappa shape index (κ1) is 17.0. The Hall–Kier alpha value is -2.79. The SMILES string of the molecule is Cc1cc(=O)[nH]c(SCC(=O)Nc2nc3ccc([N+](=O)[O-])cc3s2)n1. The highest BCUT2D eigenvalue weighted by Gasteiger charge is 2.12. The molecule has 0 atom stereocenters. The van der Waals surface area contributed by atoms with Gasteiger partial charge in [0.1, 0.15) is 0 Å². The highest BCUT2D eigenvalue weighted by molar-refractivity contribution is 7.99. The third-order valence-electron chi connectivity index (χ3n) is 3.02. The van der Waals surface area contributed by atoms with Crippen molar-refractivity contribution in [1.82, 2.24) is 15.0 Å². The second-order valence-electron chi connectivity index (χ2n) is 4.96. The average molecular weight is 377 g/mol. The van der Waals surface area contributed by atoms with Crippen molar-refractivity contribution in [3.63, 3.8) is 0 Å². The van der Waals surface area contributed by atoms with Crippen LogP contribution in [-0.4, -0.2) is 31.5 Å². The summed E-state index contributed by atoms with van der Waals surface area (Å²) in [6.45, 7) is 1.69. The van der Waals surface area contributed by atoms with Crippen molar-refractivity contribution < 1.29 is 9.72 Å². The van der Waals surface area contributed by atoms with E-state index in [4.69, 9.17) is 0 Å². The lowest BCUT2D eigenvalue weighted by molar-refractivity contribution is -0.384. The Bertz CT molecular complexity index is 1030. The minimum absolute atomic E-state index is 0.0286. The van der Waals surface area contributed by atoms with Gasteiger partial charge in [0.15, 0.2) is 10.3 Å². The number of anilines is 1. The minimum Gasteiger partial charge on any atom is -0.301 e. The molecule has 2 heterocycles. The maximum absolute atomic E-state index is 12.0. The first-order chi connectivity index (χ1) is 11.9. The van der Waals surface area contributed by atoms with Gasteiger partial charge in [-0.3, -0.25) is 19.7 Å². The maximum atomic E-state index is 12.0. The molecule has 25 heavy (non-hydrogen) atoms. The number of amides is 1. The van der Waals surface area contributed by atoms with Crippen molar-refractivity contribution in [3.8, 4) is 0 Å². The lowest BCUT2D eigenvalue weighted by atomic mass is 10.3. The molecule has 1 amide bonds. The van der Waals surface area contributed by atoms with Gasteiger partial charge in [-0.25, -0.2) is 9.97 Å². The van der Waals surface area contributed by atoms with Crippen LogP contribution in [0.1, 0.15) is 5.69 Å². The second-order valence-corrected chi connectivity index (χ2v) is 6.95. The number of thioether (sulfide) groups is 1. The Morgan fingerprint density at radius 2 is 2.20 bits per heavy atom. The van der Waals surface area contributed by atoms with E-state index >= 15 is 0 Å². The number of thiazole rings is 1. The highest BCUT2D eigenvalue weighted by Crippen LogP contribution is 2.29. The van der Waals surface area contributed by atoms with E-state index in [2.05, 4.69) is 20.3 Å². The van der Waals surface area contributed by atoms with Crippen LogP contribution in [0.15, 0.2) is 34.2 Å². The molecular formula is C14H11N5O4S2. The minimum atomic E-state index is -0.482. The van der Waals surface area contributed by atoms with Gasteiger partial charge in [0.2, 0.25) is 5.91 Å². The molecule has 128 valence electrons. The maximum Gasteiger partial charge on any atom is 0.270 e. The Balaban J connectivity index is 1.67. The predicted octanol–water partition coefficient (Wildman–Crippen LogP) is 2.33. The molecule has 0 saturated carbocycles. The number of nitro groups is 1. The number of H-pyrrole nitrogens is 1. The van der Waals surface area contributed by atoms with E-state index in [1.807, 2.05) is 0 Å². The Kier molecular flexibility index (Phi) is 4.76. The summed E-state index contributed by atoms with van der Waals surface area (Å²) < 4.78 is 0.613. The van der Waals surface area contributed by atoms with Crippen molar-refractivity contribution in [3.05, 3.63) is 50.4 Å². The number of carbonyl (C=O) groups excluding carboxylic acids is 1. The molecule has 2 N–H and O–H groups in total. The second kappa shape index (κ2) is 6.99. The smallest absolute Gasteiger partial charge is 0.270 e. The van der Waals surface area contributed by atoms with Crippen LogP contribution in [0, 0.1) is 17.0 Å². The van der Waals surface area contributed by atoms with E-state index in [0.717, 1.165) is 23.1 Å². The molecule has 1 aromatic carbocycles. The van der Waals surface area contributed by atoms with Gasteiger partial charge in [0.25, 0.3) is 11.2 Å². The predicted molar refractivity (Wildman–Crippen MR) is 95.2 cm³/mol. The van der Waals surface area contributed by atoms with Crippen molar-refractivity contribution in [2.24, 2.45) is 0 Å². The van der Waals surface area contributed by atoms with Gasteiger partial charge in [-0.1, -0.05) is 23.1 Å². The number of nitrogens with one attached hydrogen (secondary N) is 2. The fourth-order valence-corrected chi connectivity index (χ4v) is 3.63.